The molecule has 3 rings (SSSR count). The molecular formula is C17H13N5. The highest BCUT2D eigenvalue weighted by Crippen LogP contribution is 2.30. The largest absolute Gasteiger partial charge is 0.236 e. The van der Waals surface area contributed by atoms with Crippen molar-refractivity contribution >= 4 is 22.9 Å². The molecule has 0 fully saturated rings. The Bertz CT molecular complexity index is 714. The number of aromatic nitrogens is 1. The summed E-state index contributed by atoms with van der Waals surface area (Å²) in [6, 6.07) is 22.5. The first-order chi connectivity index (χ1) is 10.9. The van der Waals surface area contributed by atoms with E-state index in [4.69, 9.17) is 0 Å². The van der Waals surface area contributed by atoms with E-state index in [1.807, 2.05) is 66.7 Å². The van der Waals surface area contributed by atoms with Gasteiger partial charge in [-0.15, -0.1) is 15.3 Å². The lowest BCUT2D eigenvalue weighted by molar-refractivity contribution is 1.14. The van der Waals surface area contributed by atoms with Gasteiger partial charge in [-0.1, -0.05) is 36.4 Å². The number of pyridine rings is 1. The number of rotatable bonds is 4. The minimum Gasteiger partial charge on any atom is -0.236 e. The standard InChI is InChI=1S/C17H13N5/c1-2-8-14(9-3-1)19-20-15-10-4-5-11-16(15)21-22-17-12-6-7-13-18-17/h1-13H. The molecule has 0 aliphatic carbocycles. The molecule has 106 valence electrons. The van der Waals surface area contributed by atoms with Gasteiger partial charge in [-0.3, -0.25) is 0 Å². The number of benzene rings is 2. The van der Waals surface area contributed by atoms with Crippen LogP contribution in [0.25, 0.3) is 0 Å². The summed E-state index contributed by atoms with van der Waals surface area (Å²) in [5, 5.41) is 16.7. The van der Waals surface area contributed by atoms with Crippen molar-refractivity contribution in [2.24, 2.45) is 20.5 Å². The molecular weight excluding hydrogens is 274 g/mol. The van der Waals surface area contributed by atoms with Gasteiger partial charge in [-0.05, 0) is 36.4 Å². The van der Waals surface area contributed by atoms with Gasteiger partial charge in [0.05, 0.1) is 5.69 Å². The van der Waals surface area contributed by atoms with Gasteiger partial charge in [-0.2, -0.15) is 5.11 Å². The Morgan fingerprint density at radius 3 is 1.86 bits per heavy atom. The Morgan fingerprint density at radius 1 is 0.545 bits per heavy atom. The molecule has 0 atom stereocenters. The normalized spacial score (nSPS) is 11.3. The third kappa shape index (κ3) is 3.67. The Labute approximate surface area is 128 Å². The monoisotopic (exact) mass is 287 g/mol. The number of hydrogen-bond acceptors (Lipinski definition) is 5. The van der Waals surface area contributed by atoms with Gasteiger partial charge in [0.15, 0.2) is 5.82 Å². The molecule has 3 aromatic rings. The zero-order chi connectivity index (χ0) is 15.0. The summed E-state index contributed by atoms with van der Waals surface area (Å²) in [5.41, 5.74) is 2.10. The van der Waals surface area contributed by atoms with Gasteiger partial charge in [0.25, 0.3) is 0 Å². The van der Waals surface area contributed by atoms with Crippen molar-refractivity contribution in [1.29, 1.82) is 0 Å². The molecule has 5 nitrogen and oxygen atoms in total. The Balaban J connectivity index is 1.84. The Morgan fingerprint density at radius 2 is 1.18 bits per heavy atom. The summed E-state index contributed by atoms with van der Waals surface area (Å²) in [6.45, 7) is 0. The van der Waals surface area contributed by atoms with E-state index in [0.717, 1.165) is 5.69 Å². The molecule has 0 bridgehead atoms. The summed E-state index contributed by atoms with van der Waals surface area (Å²) in [7, 11) is 0. The van der Waals surface area contributed by atoms with Crippen molar-refractivity contribution in [3.8, 4) is 0 Å². The second-order valence-corrected chi connectivity index (χ2v) is 4.41. The van der Waals surface area contributed by atoms with E-state index in [9.17, 15) is 0 Å². The van der Waals surface area contributed by atoms with E-state index in [1.54, 1.807) is 12.3 Å². The quantitative estimate of drug-likeness (QED) is 0.550. The van der Waals surface area contributed by atoms with Crippen LogP contribution < -0.4 is 0 Å². The van der Waals surface area contributed by atoms with Crippen molar-refractivity contribution in [3.05, 3.63) is 79.0 Å². The Kier molecular flexibility index (Phi) is 4.37. The van der Waals surface area contributed by atoms with Crippen LogP contribution in [-0.4, -0.2) is 4.98 Å². The minimum atomic E-state index is 0.553. The van der Waals surface area contributed by atoms with Crippen molar-refractivity contribution in [1.82, 2.24) is 4.98 Å². The van der Waals surface area contributed by atoms with Crippen molar-refractivity contribution in [2.75, 3.05) is 0 Å². The van der Waals surface area contributed by atoms with Crippen LogP contribution in [0.2, 0.25) is 0 Å². The summed E-state index contributed by atoms with van der Waals surface area (Å²) in [6.07, 6.45) is 1.68. The van der Waals surface area contributed by atoms with E-state index in [2.05, 4.69) is 25.4 Å². The van der Waals surface area contributed by atoms with Crippen LogP contribution >= 0.6 is 0 Å². The maximum Gasteiger partial charge on any atom is 0.174 e. The highest BCUT2D eigenvalue weighted by molar-refractivity contribution is 5.61. The summed E-state index contributed by atoms with van der Waals surface area (Å²) in [5.74, 6) is 0.553. The second-order valence-electron chi connectivity index (χ2n) is 4.41. The number of nitrogens with zero attached hydrogens (tertiary/aromatic N) is 5. The van der Waals surface area contributed by atoms with Crippen LogP contribution in [0.3, 0.4) is 0 Å². The maximum atomic E-state index is 4.24. The zero-order valence-corrected chi connectivity index (χ0v) is 11.7. The predicted molar refractivity (Wildman–Crippen MR) is 85.5 cm³/mol. The lowest BCUT2D eigenvalue weighted by atomic mass is 10.3. The van der Waals surface area contributed by atoms with Crippen LogP contribution in [0.4, 0.5) is 22.9 Å². The SMILES string of the molecule is c1ccc(N=Nc2ccccc2N=Nc2ccccn2)cc1. The lowest BCUT2D eigenvalue weighted by Gasteiger charge is -1.97. The molecule has 0 aliphatic rings. The van der Waals surface area contributed by atoms with Gasteiger partial charge in [-0.25, -0.2) is 4.98 Å². The van der Waals surface area contributed by atoms with Crippen molar-refractivity contribution in [3.63, 3.8) is 0 Å². The third-order valence-electron chi connectivity index (χ3n) is 2.82. The van der Waals surface area contributed by atoms with Gasteiger partial charge in [0.1, 0.15) is 11.4 Å². The van der Waals surface area contributed by atoms with Crippen molar-refractivity contribution in [2.45, 2.75) is 0 Å². The van der Waals surface area contributed by atoms with Crippen LogP contribution in [-0.2, 0) is 0 Å². The average Bonchev–Trinajstić information content (AvgIpc) is 2.61. The minimum absolute atomic E-state index is 0.553. The molecule has 0 saturated carbocycles. The topological polar surface area (TPSA) is 62.3 Å². The van der Waals surface area contributed by atoms with E-state index >= 15 is 0 Å². The first-order valence-electron chi connectivity index (χ1n) is 6.80. The lowest BCUT2D eigenvalue weighted by Crippen LogP contribution is -1.70. The molecule has 0 aliphatic heterocycles. The highest BCUT2D eigenvalue weighted by atomic mass is 15.2. The van der Waals surface area contributed by atoms with Gasteiger partial charge < -0.3 is 0 Å². The molecule has 0 N–H and O–H groups in total. The van der Waals surface area contributed by atoms with Crippen molar-refractivity contribution < 1.29 is 0 Å². The molecule has 2 aromatic carbocycles. The maximum absolute atomic E-state index is 4.24. The summed E-state index contributed by atoms with van der Waals surface area (Å²) in [4.78, 5) is 4.10. The first kappa shape index (κ1) is 13.8. The van der Waals surface area contributed by atoms with Gasteiger partial charge in [0.2, 0.25) is 0 Å². The van der Waals surface area contributed by atoms with E-state index in [1.165, 1.54) is 0 Å². The summed E-state index contributed by atoms with van der Waals surface area (Å²) < 4.78 is 0. The van der Waals surface area contributed by atoms with Crippen LogP contribution in [0.15, 0.2) is 99.5 Å². The van der Waals surface area contributed by atoms with Crippen LogP contribution in [0, 0.1) is 0 Å². The molecule has 0 saturated heterocycles. The van der Waals surface area contributed by atoms with Gasteiger partial charge >= 0.3 is 0 Å². The highest BCUT2D eigenvalue weighted by Gasteiger charge is 1.99. The molecule has 0 amide bonds. The van der Waals surface area contributed by atoms with Gasteiger partial charge in [0, 0.05) is 6.20 Å². The Hall–Kier alpha value is -3.21. The zero-order valence-electron chi connectivity index (χ0n) is 11.7. The predicted octanol–water partition coefficient (Wildman–Crippen LogP) is 5.91. The molecule has 22 heavy (non-hydrogen) atoms. The van der Waals surface area contributed by atoms with Crippen LogP contribution in [0.1, 0.15) is 0 Å². The fourth-order valence-electron chi connectivity index (χ4n) is 1.76. The average molecular weight is 287 g/mol. The van der Waals surface area contributed by atoms with Crippen LogP contribution in [0.5, 0.6) is 0 Å². The molecule has 0 spiro atoms. The molecule has 1 heterocycles. The summed E-state index contributed by atoms with van der Waals surface area (Å²) >= 11 is 0. The van der Waals surface area contributed by atoms with E-state index in [-0.39, 0.29) is 0 Å². The molecule has 1 aromatic heterocycles. The number of azo groups is 2. The molecule has 0 unspecified atom stereocenters. The van der Waals surface area contributed by atoms with E-state index < -0.39 is 0 Å². The third-order valence-corrected chi connectivity index (χ3v) is 2.82. The number of hydrogen-bond donors (Lipinski definition) is 0. The molecule has 0 radical (unpaired) electrons. The smallest absolute Gasteiger partial charge is 0.174 e. The second kappa shape index (κ2) is 6.99. The first-order valence-corrected chi connectivity index (χ1v) is 6.80. The fourth-order valence-corrected chi connectivity index (χ4v) is 1.76. The fraction of sp³-hybridized carbons (Fsp3) is 0. The van der Waals surface area contributed by atoms with E-state index in [0.29, 0.717) is 17.2 Å². The molecule has 5 heteroatoms.